The molecule has 2 heterocycles. The summed E-state index contributed by atoms with van der Waals surface area (Å²) in [5.74, 6) is 1.41. The van der Waals surface area contributed by atoms with Gasteiger partial charge in [-0.25, -0.2) is 4.98 Å². The Morgan fingerprint density at radius 1 is 1.41 bits per heavy atom. The second-order valence-corrected chi connectivity index (χ2v) is 7.99. The predicted molar refractivity (Wildman–Crippen MR) is 120 cm³/mol. The van der Waals surface area contributed by atoms with Crippen LogP contribution in [0.1, 0.15) is 64.4 Å². The molecule has 0 aromatic carbocycles. The van der Waals surface area contributed by atoms with E-state index in [-0.39, 0.29) is 11.8 Å². The van der Waals surface area contributed by atoms with Gasteiger partial charge >= 0.3 is 0 Å². The van der Waals surface area contributed by atoms with E-state index >= 15 is 0 Å². The number of unbranched alkanes of at least 4 members (excludes halogenated alkanes) is 3. The Morgan fingerprint density at radius 3 is 2.97 bits per heavy atom. The minimum atomic E-state index is -0.220. The Bertz CT molecular complexity index is 662. The smallest absolute Gasteiger partial charge is 0.222 e. The van der Waals surface area contributed by atoms with Crippen molar-refractivity contribution in [2.24, 2.45) is 16.6 Å². The monoisotopic (exact) mass is 402 g/mol. The molecule has 29 heavy (non-hydrogen) atoms. The lowest BCUT2D eigenvalue weighted by molar-refractivity contribution is -0.122. The van der Waals surface area contributed by atoms with Gasteiger partial charge in [0.2, 0.25) is 5.91 Å². The molecule has 1 aromatic rings. The number of carbonyl (C=O) groups excluding carboxylic acids is 1. The summed E-state index contributed by atoms with van der Waals surface area (Å²) in [5.41, 5.74) is 6.63. The molecule has 162 valence electrons. The lowest BCUT2D eigenvalue weighted by Gasteiger charge is -2.33. The van der Waals surface area contributed by atoms with Crippen LogP contribution in [0.2, 0.25) is 0 Å². The molecule has 1 saturated heterocycles. The number of nitrogens with zero attached hydrogens (tertiary/aromatic N) is 3. The van der Waals surface area contributed by atoms with Gasteiger partial charge in [-0.2, -0.15) is 0 Å². The standard InChI is InChI=1S/C22H38N6O/c1-4-5-6-7-10-17(2)27-22(24-3)26-15-18-11-8-13-25-21(18)28-14-9-12-19(16-28)20(23)29/h8,11,13,17,19H,4-7,9-10,12,14-16H2,1-3H3,(H2,23,29)(H2,24,26,27). The maximum Gasteiger partial charge on any atom is 0.222 e. The van der Waals surface area contributed by atoms with E-state index in [1.807, 2.05) is 6.07 Å². The van der Waals surface area contributed by atoms with Gasteiger partial charge in [0.05, 0.1) is 5.92 Å². The van der Waals surface area contributed by atoms with Gasteiger partial charge in [-0.3, -0.25) is 9.79 Å². The van der Waals surface area contributed by atoms with Crippen LogP contribution in [-0.4, -0.2) is 43.0 Å². The summed E-state index contributed by atoms with van der Waals surface area (Å²) in [6.45, 7) is 6.60. The molecule has 2 atom stereocenters. The number of nitrogens with two attached hydrogens (primary N) is 1. The van der Waals surface area contributed by atoms with Gasteiger partial charge in [0.1, 0.15) is 5.82 Å². The van der Waals surface area contributed by atoms with Gasteiger partial charge in [-0.15, -0.1) is 0 Å². The van der Waals surface area contributed by atoms with Crippen LogP contribution in [0.3, 0.4) is 0 Å². The highest BCUT2D eigenvalue weighted by Crippen LogP contribution is 2.24. The molecule has 1 aromatic heterocycles. The van der Waals surface area contributed by atoms with Crippen molar-refractivity contribution >= 4 is 17.7 Å². The maximum atomic E-state index is 11.6. The van der Waals surface area contributed by atoms with Crippen LogP contribution in [-0.2, 0) is 11.3 Å². The molecule has 1 aliphatic heterocycles. The largest absolute Gasteiger partial charge is 0.369 e. The fourth-order valence-electron chi connectivity index (χ4n) is 3.81. The molecule has 1 aliphatic rings. The predicted octanol–water partition coefficient (Wildman–Crippen LogP) is 2.81. The summed E-state index contributed by atoms with van der Waals surface area (Å²) in [4.78, 5) is 22.8. The summed E-state index contributed by atoms with van der Waals surface area (Å²) < 4.78 is 0. The SMILES string of the molecule is CCCCCCC(C)NC(=NC)NCc1cccnc1N1CCCC(C(N)=O)C1. The number of nitrogens with one attached hydrogen (secondary N) is 2. The van der Waals surface area contributed by atoms with E-state index in [0.29, 0.717) is 19.1 Å². The first-order valence-corrected chi connectivity index (χ1v) is 11.0. The van der Waals surface area contributed by atoms with E-state index in [9.17, 15) is 4.79 Å². The van der Waals surface area contributed by atoms with E-state index in [4.69, 9.17) is 5.73 Å². The van der Waals surface area contributed by atoms with Crippen molar-refractivity contribution < 1.29 is 4.79 Å². The van der Waals surface area contributed by atoms with E-state index in [1.54, 1.807) is 13.2 Å². The minimum Gasteiger partial charge on any atom is -0.369 e. The highest BCUT2D eigenvalue weighted by molar-refractivity contribution is 5.80. The van der Waals surface area contributed by atoms with Gasteiger partial charge in [-0.05, 0) is 32.3 Å². The fourth-order valence-corrected chi connectivity index (χ4v) is 3.81. The first-order valence-electron chi connectivity index (χ1n) is 11.0. The third kappa shape index (κ3) is 7.55. The van der Waals surface area contributed by atoms with Crippen LogP contribution in [0.15, 0.2) is 23.3 Å². The Balaban J connectivity index is 1.92. The van der Waals surface area contributed by atoms with Crippen LogP contribution < -0.4 is 21.3 Å². The van der Waals surface area contributed by atoms with Crippen LogP contribution in [0, 0.1) is 5.92 Å². The molecule has 0 aliphatic carbocycles. The highest BCUT2D eigenvalue weighted by Gasteiger charge is 2.26. The summed E-state index contributed by atoms with van der Waals surface area (Å²) in [7, 11) is 1.80. The number of amides is 1. The Labute approximate surface area is 175 Å². The van der Waals surface area contributed by atoms with Crippen LogP contribution >= 0.6 is 0 Å². The summed E-state index contributed by atoms with van der Waals surface area (Å²) in [5, 5.41) is 6.89. The average Bonchev–Trinajstić information content (AvgIpc) is 2.74. The third-order valence-electron chi connectivity index (χ3n) is 5.53. The number of rotatable bonds is 10. The number of anilines is 1. The zero-order valence-electron chi connectivity index (χ0n) is 18.3. The first-order chi connectivity index (χ1) is 14.0. The normalized spacial score (nSPS) is 18.4. The van der Waals surface area contributed by atoms with E-state index in [2.05, 4.69) is 45.4 Å². The first kappa shape index (κ1) is 23.0. The molecular formula is C22H38N6O. The van der Waals surface area contributed by atoms with Gasteiger partial charge in [0.25, 0.3) is 0 Å². The summed E-state index contributed by atoms with van der Waals surface area (Å²) in [6.07, 6.45) is 9.85. The Kier molecular flexibility index (Phi) is 9.74. The number of hydrogen-bond donors (Lipinski definition) is 3. The number of pyridine rings is 1. The van der Waals surface area contributed by atoms with Crippen LogP contribution in [0.5, 0.6) is 0 Å². The number of aromatic nitrogens is 1. The van der Waals surface area contributed by atoms with E-state index in [1.165, 1.54) is 25.7 Å². The molecule has 1 amide bonds. The number of aliphatic imine (C=N–C) groups is 1. The number of piperidine rings is 1. The van der Waals surface area contributed by atoms with Gasteiger partial charge in [-0.1, -0.05) is 38.7 Å². The van der Waals surface area contributed by atoms with Crippen LogP contribution in [0.4, 0.5) is 5.82 Å². The van der Waals surface area contributed by atoms with Crippen molar-refractivity contribution in [2.45, 2.75) is 71.4 Å². The lowest BCUT2D eigenvalue weighted by atomic mass is 9.97. The highest BCUT2D eigenvalue weighted by atomic mass is 16.1. The minimum absolute atomic E-state index is 0.102. The molecule has 0 spiro atoms. The van der Waals surface area contributed by atoms with Gasteiger partial charge in [0.15, 0.2) is 5.96 Å². The van der Waals surface area contributed by atoms with E-state index < -0.39 is 0 Å². The summed E-state index contributed by atoms with van der Waals surface area (Å²) in [6, 6.07) is 4.40. The number of hydrogen-bond acceptors (Lipinski definition) is 4. The van der Waals surface area contributed by atoms with Crippen molar-refractivity contribution in [3.05, 3.63) is 23.9 Å². The molecule has 2 unspecified atom stereocenters. The molecule has 7 nitrogen and oxygen atoms in total. The molecule has 2 rings (SSSR count). The average molecular weight is 403 g/mol. The number of primary amides is 1. The topological polar surface area (TPSA) is 95.6 Å². The number of guanidine groups is 1. The zero-order valence-corrected chi connectivity index (χ0v) is 18.3. The second kappa shape index (κ2) is 12.3. The molecule has 1 fully saturated rings. The quantitative estimate of drug-likeness (QED) is 0.318. The molecular weight excluding hydrogens is 364 g/mol. The van der Waals surface area contributed by atoms with Gasteiger partial charge < -0.3 is 21.3 Å². The van der Waals surface area contributed by atoms with Crippen molar-refractivity contribution in [1.82, 2.24) is 15.6 Å². The molecule has 0 bridgehead atoms. The molecule has 7 heteroatoms. The maximum absolute atomic E-state index is 11.6. The molecule has 0 radical (unpaired) electrons. The lowest BCUT2D eigenvalue weighted by Crippen LogP contribution is -2.43. The molecule has 4 N–H and O–H groups in total. The van der Waals surface area contributed by atoms with Crippen LogP contribution in [0.25, 0.3) is 0 Å². The van der Waals surface area contributed by atoms with Crippen molar-refractivity contribution in [1.29, 1.82) is 0 Å². The Morgan fingerprint density at radius 2 is 2.24 bits per heavy atom. The van der Waals surface area contributed by atoms with Crippen molar-refractivity contribution in [3.63, 3.8) is 0 Å². The fraction of sp³-hybridized carbons (Fsp3) is 0.682. The Hall–Kier alpha value is -2.31. The second-order valence-electron chi connectivity index (χ2n) is 7.99. The van der Waals surface area contributed by atoms with E-state index in [0.717, 1.165) is 43.1 Å². The van der Waals surface area contributed by atoms with Gasteiger partial charge in [0, 0.05) is 44.5 Å². The molecule has 0 saturated carbocycles. The zero-order chi connectivity index (χ0) is 21.1. The van der Waals surface area contributed by atoms with Crippen molar-refractivity contribution in [3.8, 4) is 0 Å². The van der Waals surface area contributed by atoms with Crippen molar-refractivity contribution in [2.75, 3.05) is 25.0 Å². The third-order valence-corrected chi connectivity index (χ3v) is 5.53. The summed E-state index contributed by atoms with van der Waals surface area (Å²) >= 11 is 0. The number of carbonyl (C=O) groups is 1.